The fraction of sp³-hybridized carbons (Fsp3) is 0.0667. The van der Waals surface area contributed by atoms with Crippen molar-refractivity contribution >= 4 is 17.6 Å². The van der Waals surface area contributed by atoms with Crippen molar-refractivity contribution in [2.75, 3.05) is 0 Å². The van der Waals surface area contributed by atoms with Gasteiger partial charge in [-0.15, -0.1) is 0 Å². The van der Waals surface area contributed by atoms with E-state index in [2.05, 4.69) is 4.98 Å². The van der Waals surface area contributed by atoms with Crippen LogP contribution in [0.25, 0.3) is 16.9 Å². The number of non-ortho nitro benzene ring substituents is 1. The van der Waals surface area contributed by atoms with E-state index in [1.807, 2.05) is 6.92 Å². The summed E-state index contributed by atoms with van der Waals surface area (Å²) in [7, 11) is 0. The third-order valence-corrected chi connectivity index (χ3v) is 3.27. The standard InChI is InChI=1S/C15H11N3O3/c1-10-6-11(9-19)7-17-8-14(16-15(10)17)12-2-4-13(5-3-12)18(20)21/h2-9H,1H3. The Morgan fingerprint density at radius 3 is 2.57 bits per heavy atom. The molecule has 0 saturated carbocycles. The van der Waals surface area contributed by atoms with Crippen LogP contribution in [0.2, 0.25) is 0 Å². The first-order valence-electron chi connectivity index (χ1n) is 6.28. The SMILES string of the molecule is Cc1cc(C=O)cn2cc(-c3ccc([N+](=O)[O-])cc3)nc12. The van der Waals surface area contributed by atoms with Crippen LogP contribution >= 0.6 is 0 Å². The molecule has 0 fully saturated rings. The molecule has 0 atom stereocenters. The van der Waals surface area contributed by atoms with Crippen LogP contribution in [0.3, 0.4) is 0 Å². The van der Waals surface area contributed by atoms with E-state index in [0.29, 0.717) is 11.3 Å². The molecule has 2 heterocycles. The number of hydrogen-bond donors (Lipinski definition) is 0. The van der Waals surface area contributed by atoms with Crippen LogP contribution < -0.4 is 0 Å². The minimum absolute atomic E-state index is 0.0435. The molecule has 3 aromatic rings. The molecule has 0 N–H and O–H groups in total. The fourth-order valence-electron chi connectivity index (χ4n) is 2.25. The van der Waals surface area contributed by atoms with Gasteiger partial charge < -0.3 is 4.40 Å². The van der Waals surface area contributed by atoms with E-state index in [1.165, 1.54) is 12.1 Å². The average molecular weight is 281 g/mol. The Labute approximate surface area is 119 Å². The van der Waals surface area contributed by atoms with E-state index in [0.717, 1.165) is 23.1 Å². The quantitative estimate of drug-likeness (QED) is 0.420. The summed E-state index contributed by atoms with van der Waals surface area (Å²) in [5.74, 6) is 0. The first-order chi connectivity index (χ1) is 10.1. The fourth-order valence-corrected chi connectivity index (χ4v) is 2.25. The number of fused-ring (bicyclic) bond motifs is 1. The number of aromatic nitrogens is 2. The number of aldehydes is 1. The highest BCUT2D eigenvalue weighted by atomic mass is 16.6. The Balaban J connectivity index is 2.10. The predicted octanol–water partition coefficient (Wildman–Crippen LogP) is 3.03. The van der Waals surface area contributed by atoms with Crippen molar-refractivity contribution in [3.8, 4) is 11.3 Å². The number of benzene rings is 1. The van der Waals surface area contributed by atoms with Gasteiger partial charge in [0.2, 0.25) is 0 Å². The van der Waals surface area contributed by atoms with Gasteiger partial charge in [-0.3, -0.25) is 14.9 Å². The summed E-state index contributed by atoms with van der Waals surface area (Å²) < 4.78 is 1.79. The number of nitrogens with zero attached hydrogens (tertiary/aromatic N) is 3. The number of carbonyl (C=O) groups excluding carboxylic acids is 1. The number of carbonyl (C=O) groups is 1. The highest BCUT2D eigenvalue weighted by Gasteiger charge is 2.10. The maximum atomic E-state index is 10.9. The van der Waals surface area contributed by atoms with E-state index in [4.69, 9.17) is 0 Å². The molecule has 0 amide bonds. The zero-order valence-electron chi connectivity index (χ0n) is 11.2. The highest BCUT2D eigenvalue weighted by Crippen LogP contribution is 2.23. The number of nitro benzene ring substituents is 1. The van der Waals surface area contributed by atoms with Crippen molar-refractivity contribution in [3.63, 3.8) is 0 Å². The molecule has 0 aliphatic rings. The minimum Gasteiger partial charge on any atom is -0.306 e. The lowest BCUT2D eigenvalue weighted by Crippen LogP contribution is -1.91. The number of nitro groups is 1. The second-order valence-corrected chi connectivity index (χ2v) is 4.74. The van der Waals surface area contributed by atoms with E-state index in [1.54, 1.807) is 35.0 Å². The molecule has 104 valence electrons. The van der Waals surface area contributed by atoms with Crippen molar-refractivity contribution in [2.24, 2.45) is 0 Å². The van der Waals surface area contributed by atoms with Gasteiger partial charge in [-0.25, -0.2) is 4.98 Å². The molecule has 0 saturated heterocycles. The van der Waals surface area contributed by atoms with Crippen molar-refractivity contribution in [1.29, 1.82) is 0 Å². The lowest BCUT2D eigenvalue weighted by molar-refractivity contribution is -0.384. The number of imidazole rings is 1. The lowest BCUT2D eigenvalue weighted by Gasteiger charge is -1.98. The first-order valence-corrected chi connectivity index (χ1v) is 6.28. The van der Waals surface area contributed by atoms with Gasteiger partial charge in [-0.2, -0.15) is 0 Å². The van der Waals surface area contributed by atoms with Crippen molar-refractivity contribution in [2.45, 2.75) is 6.92 Å². The van der Waals surface area contributed by atoms with Crippen molar-refractivity contribution in [1.82, 2.24) is 9.38 Å². The molecule has 0 spiro atoms. The molecule has 0 radical (unpaired) electrons. The summed E-state index contributed by atoms with van der Waals surface area (Å²) in [6.07, 6.45) is 4.30. The summed E-state index contributed by atoms with van der Waals surface area (Å²) in [6.45, 7) is 1.88. The van der Waals surface area contributed by atoms with Gasteiger partial charge in [0.05, 0.1) is 10.6 Å². The van der Waals surface area contributed by atoms with Crippen LogP contribution in [0, 0.1) is 17.0 Å². The number of aryl methyl sites for hydroxylation is 1. The summed E-state index contributed by atoms with van der Waals surface area (Å²) in [4.78, 5) is 25.6. The molecule has 0 aliphatic heterocycles. The summed E-state index contributed by atoms with van der Waals surface area (Å²) >= 11 is 0. The molecular formula is C15H11N3O3. The zero-order valence-corrected chi connectivity index (χ0v) is 11.2. The second-order valence-electron chi connectivity index (χ2n) is 4.74. The molecular weight excluding hydrogens is 270 g/mol. The van der Waals surface area contributed by atoms with Crippen molar-refractivity contribution in [3.05, 3.63) is 64.0 Å². The van der Waals surface area contributed by atoms with Crippen LogP contribution in [0.1, 0.15) is 15.9 Å². The summed E-state index contributed by atoms with van der Waals surface area (Å²) in [5, 5.41) is 10.7. The van der Waals surface area contributed by atoms with Gasteiger partial charge in [0.25, 0.3) is 5.69 Å². The summed E-state index contributed by atoms with van der Waals surface area (Å²) in [6, 6.07) is 7.99. The van der Waals surface area contributed by atoms with E-state index >= 15 is 0 Å². The molecule has 0 unspecified atom stereocenters. The Morgan fingerprint density at radius 1 is 1.24 bits per heavy atom. The lowest BCUT2D eigenvalue weighted by atomic mass is 10.1. The van der Waals surface area contributed by atoms with Crippen LogP contribution in [0.4, 0.5) is 5.69 Å². The molecule has 21 heavy (non-hydrogen) atoms. The number of pyridine rings is 1. The van der Waals surface area contributed by atoms with Crippen LogP contribution in [-0.2, 0) is 0 Å². The van der Waals surface area contributed by atoms with E-state index in [-0.39, 0.29) is 5.69 Å². The predicted molar refractivity (Wildman–Crippen MR) is 77.4 cm³/mol. The minimum atomic E-state index is -0.437. The monoisotopic (exact) mass is 281 g/mol. The third-order valence-electron chi connectivity index (χ3n) is 3.27. The Hall–Kier alpha value is -3.02. The maximum Gasteiger partial charge on any atom is 0.269 e. The van der Waals surface area contributed by atoms with Gasteiger partial charge in [0.15, 0.2) is 6.29 Å². The van der Waals surface area contributed by atoms with Gasteiger partial charge in [-0.05, 0) is 30.7 Å². The van der Waals surface area contributed by atoms with Gasteiger partial charge in [-0.1, -0.05) is 0 Å². The molecule has 1 aromatic carbocycles. The largest absolute Gasteiger partial charge is 0.306 e. The second kappa shape index (κ2) is 4.82. The highest BCUT2D eigenvalue weighted by molar-refractivity contribution is 5.76. The van der Waals surface area contributed by atoms with Crippen LogP contribution in [0.15, 0.2) is 42.7 Å². The van der Waals surface area contributed by atoms with Crippen LogP contribution in [0.5, 0.6) is 0 Å². The Kier molecular flexibility index (Phi) is 2.98. The molecule has 6 heteroatoms. The zero-order chi connectivity index (χ0) is 15.0. The topological polar surface area (TPSA) is 77.5 Å². The van der Waals surface area contributed by atoms with E-state index < -0.39 is 4.92 Å². The Bertz CT molecular complexity index is 850. The average Bonchev–Trinajstić information content (AvgIpc) is 2.91. The van der Waals surface area contributed by atoms with Gasteiger partial charge in [0.1, 0.15) is 5.65 Å². The molecule has 3 rings (SSSR count). The van der Waals surface area contributed by atoms with E-state index in [9.17, 15) is 14.9 Å². The van der Waals surface area contributed by atoms with Crippen LogP contribution in [-0.4, -0.2) is 20.6 Å². The smallest absolute Gasteiger partial charge is 0.269 e. The van der Waals surface area contributed by atoms with Gasteiger partial charge >= 0.3 is 0 Å². The van der Waals surface area contributed by atoms with Gasteiger partial charge in [0, 0.05) is 35.7 Å². The normalized spacial score (nSPS) is 10.7. The Morgan fingerprint density at radius 2 is 1.95 bits per heavy atom. The third kappa shape index (κ3) is 2.27. The maximum absolute atomic E-state index is 10.9. The number of rotatable bonds is 3. The molecule has 2 aromatic heterocycles. The molecule has 0 bridgehead atoms. The number of hydrogen-bond acceptors (Lipinski definition) is 4. The molecule has 0 aliphatic carbocycles. The molecule has 6 nitrogen and oxygen atoms in total. The summed E-state index contributed by atoms with van der Waals surface area (Å²) in [5.41, 5.74) is 3.77. The first kappa shape index (κ1) is 13.0. The van der Waals surface area contributed by atoms with Crippen molar-refractivity contribution < 1.29 is 9.72 Å².